The highest BCUT2D eigenvalue weighted by Crippen LogP contribution is 2.11. The van der Waals surface area contributed by atoms with Crippen LogP contribution in [0.5, 0.6) is 0 Å². The molecule has 0 aromatic heterocycles. The molecule has 1 aromatic carbocycles. The summed E-state index contributed by atoms with van der Waals surface area (Å²) in [5.74, 6) is 0. The number of aryl methyl sites for hydroxylation is 2. The molecular formula is C11H17NO. The highest BCUT2D eigenvalue weighted by Gasteiger charge is 2.03. The summed E-state index contributed by atoms with van der Waals surface area (Å²) >= 11 is 0. The fourth-order valence-corrected chi connectivity index (χ4v) is 1.29. The number of aliphatic hydroxyl groups is 1. The van der Waals surface area contributed by atoms with Crippen molar-refractivity contribution in [3.8, 4) is 0 Å². The average Bonchev–Trinajstić information content (AvgIpc) is 2.11. The Morgan fingerprint density at radius 3 is 2.54 bits per heavy atom. The summed E-state index contributed by atoms with van der Waals surface area (Å²) in [6.07, 6.45) is 0.236. The van der Waals surface area contributed by atoms with E-state index in [0.29, 0.717) is 13.0 Å². The number of rotatable bonds is 3. The van der Waals surface area contributed by atoms with E-state index in [0.717, 1.165) is 5.56 Å². The maximum atomic E-state index is 9.35. The molecule has 3 N–H and O–H groups in total. The lowest BCUT2D eigenvalue weighted by Crippen LogP contribution is -2.21. The number of hydrogen-bond acceptors (Lipinski definition) is 2. The second kappa shape index (κ2) is 4.40. The first-order valence-corrected chi connectivity index (χ1v) is 4.57. The predicted octanol–water partition coefficient (Wildman–Crippen LogP) is 1.17. The van der Waals surface area contributed by atoms with Gasteiger partial charge in [-0.25, -0.2) is 0 Å². The van der Waals surface area contributed by atoms with Crippen LogP contribution in [-0.2, 0) is 6.42 Å². The van der Waals surface area contributed by atoms with Crippen LogP contribution in [-0.4, -0.2) is 17.8 Å². The Labute approximate surface area is 79.4 Å². The molecule has 13 heavy (non-hydrogen) atoms. The SMILES string of the molecule is Cc1ccc(CC(O)CN)cc1C. The number of aliphatic hydroxyl groups excluding tert-OH is 1. The van der Waals surface area contributed by atoms with E-state index >= 15 is 0 Å². The van der Waals surface area contributed by atoms with Gasteiger partial charge in [0.15, 0.2) is 0 Å². The van der Waals surface area contributed by atoms with Crippen molar-refractivity contribution in [2.24, 2.45) is 5.73 Å². The average molecular weight is 179 g/mol. The summed E-state index contributed by atoms with van der Waals surface area (Å²) in [7, 11) is 0. The molecule has 1 atom stereocenters. The smallest absolute Gasteiger partial charge is 0.0702 e. The van der Waals surface area contributed by atoms with E-state index in [1.807, 2.05) is 6.07 Å². The van der Waals surface area contributed by atoms with E-state index in [4.69, 9.17) is 5.73 Å². The molecule has 0 spiro atoms. The molecule has 0 aliphatic rings. The highest BCUT2D eigenvalue weighted by atomic mass is 16.3. The second-order valence-electron chi connectivity index (χ2n) is 3.51. The third kappa shape index (κ3) is 2.83. The van der Waals surface area contributed by atoms with Crippen molar-refractivity contribution in [1.82, 2.24) is 0 Å². The van der Waals surface area contributed by atoms with Gasteiger partial charge in [0, 0.05) is 6.54 Å². The molecule has 2 heteroatoms. The van der Waals surface area contributed by atoms with Gasteiger partial charge in [-0.1, -0.05) is 18.2 Å². The molecular weight excluding hydrogens is 162 g/mol. The molecule has 2 nitrogen and oxygen atoms in total. The quantitative estimate of drug-likeness (QED) is 0.731. The van der Waals surface area contributed by atoms with Crippen LogP contribution in [0.4, 0.5) is 0 Å². The van der Waals surface area contributed by atoms with Crippen LogP contribution in [0.25, 0.3) is 0 Å². The van der Waals surface area contributed by atoms with Crippen molar-refractivity contribution in [1.29, 1.82) is 0 Å². The molecule has 0 saturated carbocycles. The molecule has 0 radical (unpaired) electrons. The van der Waals surface area contributed by atoms with Crippen LogP contribution in [0.2, 0.25) is 0 Å². The van der Waals surface area contributed by atoms with Crippen molar-refractivity contribution in [3.05, 3.63) is 34.9 Å². The molecule has 72 valence electrons. The molecule has 0 saturated heterocycles. The third-order valence-electron chi connectivity index (χ3n) is 2.31. The molecule has 1 rings (SSSR count). The summed E-state index contributed by atoms with van der Waals surface area (Å²) in [4.78, 5) is 0. The summed E-state index contributed by atoms with van der Waals surface area (Å²) in [6, 6.07) is 6.23. The Balaban J connectivity index is 2.73. The van der Waals surface area contributed by atoms with E-state index < -0.39 is 6.10 Å². The minimum Gasteiger partial charge on any atom is -0.391 e. The third-order valence-corrected chi connectivity index (χ3v) is 2.31. The van der Waals surface area contributed by atoms with Gasteiger partial charge in [-0.3, -0.25) is 0 Å². The Kier molecular flexibility index (Phi) is 3.46. The van der Waals surface area contributed by atoms with E-state index in [9.17, 15) is 5.11 Å². The highest BCUT2D eigenvalue weighted by molar-refractivity contribution is 5.30. The first-order chi connectivity index (χ1) is 6.13. The minimum atomic E-state index is -0.415. The second-order valence-corrected chi connectivity index (χ2v) is 3.51. The largest absolute Gasteiger partial charge is 0.391 e. The van der Waals surface area contributed by atoms with Crippen LogP contribution in [0, 0.1) is 13.8 Å². The van der Waals surface area contributed by atoms with Gasteiger partial charge in [0.1, 0.15) is 0 Å². The fraction of sp³-hybridized carbons (Fsp3) is 0.455. The Hall–Kier alpha value is -0.860. The molecule has 0 bridgehead atoms. The standard InChI is InChI=1S/C11H17NO/c1-8-3-4-10(5-9(8)2)6-11(13)7-12/h3-5,11,13H,6-7,12H2,1-2H3. The Bertz CT molecular complexity index is 283. The zero-order valence-corrected chi connectivity index (χ0v) is 8.25. The van der Waals surface area contributed by atoms with Crippen molar-refractivity contribution < 1.29 is 5.11 Å². The van der Waals surface area contributed by atoms with E-state index in [1.165, 1.54) is 11.1 Å². The van der Waals surface area contributed by atoms with E-state index in [2.05, 4.69) is 26.0 Å². The number of hydrogen-bond donors (Lipinski definition) is 2. The van der Waals surface area contributed by atoms with Crippen molar-refractivity contribution in [2.45, 2.75) is 26.4 Å². The minimum absolute atomic E-state index is 0.326. The first-order valence-electron chi connectivity index (χ1n) is 4.57. The summed E-state index contributed by atoms with van der Waals surface area (Å²) in [6.45, 7) is 4.49. The zero-order valence-electron chi connectivity index (χ0n) is 8.25. The summed E-state index contributed by atoms with van der Waals surface area (Å²) in [5.41, 5.74) is 9.04. The normalized spacial score (nSPS) is 12.9. The first kappa shape index (κ1) is 10.2. The molecule has 0 heterocycles. The van der Waals surface area contributed by atoms with Crippen LogP contribution in [0.15, 0.2) is 18.2 Å². The topological polar surface area (TPSA) is 46.2 Å². The summed E-state index contributed by atoms with van der Waals surface area (Å²) in [5, 5.41) is 9.35. The number of benzene rings is 1. The van der Waals surface area contributed by atoms with Gasteiger partial charge >= 0.3 is 0 Å². The van der Waals surface area contributed by atoms with E-state index in [-0.39, 0.29) is 0 Å². The van der Waals surface area contributed by atoms with E-state index in [1.54, 1.807) is 0 Å². The van der Waals surface area contributed by atoms with Crippen molar-refractivity contribution in [2.75, 3.05) is 6.54 Å². The lowest BCUT2D eigenvalue weighted by Gasteiger charge is -2.09. The van der Waals surface area contributed by atoms with Gasteiger partial charge in [-0.15, -0.1) is 0 Å². The van der Waals surface area contributed by atoms with Gasteiger partial charge in [0.2, 0.25) is 0 Å². The van der Waals surface area contributed by atoms with Gasteiger partial charge in [0.25, 0.3) is 0 Å². The molecule has 1 unspecified atom stereocenters. The number of nitrogens with two attached hydrogens (primary N) is 1. The van der Waals surface area contributed by atoms with Gasteiger partial charge < -0.3 is 10.8 Å². The van der Waals surface area contributed by atoms with Gasteiger partial charge in [0.05, 0.1) is 6.10 Å². The van der Waals surface area contributed by atoms with Crippen LogP contribution >= 0.6 is 0 Å². The Morgan fingerprint density at radius 1 is 1.31 bits per heavy atom. The molecule has 1 aromatic rings. The Morgan fingerprint density at radius 2 is 2.00 bits per heavy atom. The molecule has 0 aliphatic heterocycles. The summed E-state index contributed by atoms with van der Waals surface area (Å²) < 4.78 is 0. The maximum absolute atomic E-state index is 9.35. The lowest BCUT2D eigenvalue weighted by atomic mass is 10.0. The van der Waals surface area contributed by atoms with Crippen LogP contribution in [0.3, 0.4) is 0 Å². The van der Waals surface area contributed by atoms with Crippen molar-refractivity contribution in [3.63, 3.8) is 0 Å². The predicted molar refractivity (Wildman–Crippen MR) is 54.7 cm³/mol. The van der Waals surface area contributed by atoms with Crippen LogP contribution < -0.4 is 5.73 Å². The molecule has 0 amide bonds. The van der Waals surface area contributed by atoms with Crippen molar-refractivity contribution >= 4 is 0 Å². The van der Waals surface area contributed by atoms with Gasteiger partial charge in [-0.2, -0.15) is 0 Å². The fourth-order valence-electron chi connectivity index (χ4n) is 1.29. The zero-order chi connectivity index (χ0) is 9.84. The molecule has 0 fully saturated rings. The lowest BCUT2D eigenvalue weighted by molar-refractivity contribution is 0.183. The monoisotopic (exact) mass is 179 g/mol. The van der Waals surface area contributed by atoms with Gasteiger partial charge in [-0.05, 0) is 37.0 Å². The van der Waals surface area contributed by atoms with Crippen LogP contribution in [0.1, 0.15) is 16.7 Å². The molecule has 0 aliphatic carbocycles. The maximum Gasteiger partial charge on any atom is 0.0702 e.